The van der Waals surface area contributed by atoms with E-state index < -0.39 is 11.9 Å². The second-order valence-corrected chi connectivity index (χ2v) is 10.6. The van der Waals surface area contributed by atoms with Crippen LogP contribution in [0.1, 0.15) is 63.0 Å². The van der Waals surface area contributed by atoms with Crippen molar-refractivity contribution in [1.82, 2.24) is 0 Å². The van der Waals surface area contributed by atoms with Gasteiger partial charge in [-0.05, 0) is 58.9 Å². The van der Waals surface area contributed by atoms with E-state index in [4.69, 9.17) is 9.47 Å². The Morgan fingerprint density at radius 3 is 1.77 bits per heavy atom. The van der Waals surface area contributed by atoms with Crippen molar-refractivity contribution in [1.29, 1.82) is 0 Å². The number of carbonyl (C=O) groups excluding carboxylic acids is 2. The minimum absolute atomic E-state index is 0.0848. The molecule has 0 bridgehead atoms. The number of hydrogen-bond acceptors (Lipinski definition) is 10. The summed E-state index contributed by atoms with van der Waals surface area (Å²) in [5.74, 6) is -1.25. The van der Waals surface area contributed by atoms with Crippen LogP contribution in [0.3, 0.4) is 0 Å². The molecule has 0 aromatic carbocycles. The molecule has 0 atom stereocenters. The molecule has 3 aromatic heterocycles. The molecule has 0 amide bonds. The van der Waals surface area contributed by atoms with Crippen LogP contribution in [0.15, 0.2) is 34.3 Å². The van der Waals surface area contributed by atoms with Crippen molar-refractivity contribution in [3.63, 3.8) is 0 Å². The van der Waals surface area contributed by atoms with Crippen LogP contribution >= 0.6 is 34.0 Å². The molecule has 7 nitrogen and oxygen atoms in total. The number of thiophene rings is 3. The molecule has 186 valence electrons. The monoisotopic (exact) mass is 531 g/mol. The number of aryl methyl sites for hydroxylation is 1. The van der Waals surface area contributed by atoms with Gasteiger partial charge in [0, 0.05) is 40.2 Å². The quantitative estimate of drug-likeness (QED) is 0.199. The van der Waals surface area contributed by atoms with E-state index in [1.165, 1.54) is 0 Å². The SMILES string of the molecule is CCOC(=O)c1c(/N=C/c2ccc(C)s2)sc(/N=C/c2ccc(N(CC)CC)s2)c1C(=O)OCC. The zero-order valence-corrected chi connectivity index (χ0v) is 22.9. The maximum Gasteiger partial charge on any atom is 0.342 e. The van der Waals surface area contributed by atoms with Crippen molar-refractivity contribution in [3.05, 3.63) is 50.0 Å². The Labute approximate surface area is 217 Å². The van der Waals surface area contributed by atoms with E-state index in [2.05, 4.69) is 34.8 Å². The number of anilines is 1. The van der Waals surface area contributed by atoms with Crippen LogP contribution in [-0.4, -0.2) is 50.7 Å². The number of hydrogen-bond donors (Lipinski definition) is 0. The van der Waals surface area contributed by atoms with Crippen LogP contribution in [0.4, 0.5) is 15.0 Å². The summed E-state index contributed by atoms with van der Waals surface area (Å²) >= 11 is 4.37. The van der Waals surface area contributed by atoms with Crippen molar-refractivity contribution < 1.29 is 19.1 Å². The highest BCUT2D eigenvalue weighted by atomic mass is 32.1. The highest BCUT2D eigenvalue weighted by Crippen LogP contribution is 2.42. The number of ether oxygens (including phenoxy) is 2. The summed E-state index contributed by atoms with van der Waals surface area (Å²) in [5, 5.41) is 1.87. The lowest BCUT2D eigenvalue weighted by Crippen LogP contribution is -2.20. The Kier molecular flexibility index (Phi) is 9.76. The topological polar surface area (TPSA) is 80.6 Å². The zero-order valence-electron chi connectivity index (χ0n) is 20.5. The van der Waals surface area contributed by atoms with Gasteiger partial charge in [0.05, 0.1) is 18.2 Å². The smallest absolute Gasteiger partial charge is 0.342 e. The molecule has 0 spiro atoms. The molecule has 0 unspecified atom stereocenters. The second kappa shape index (κ2) is 12.8. The van der Waals surface area contributed by atoms with E-state index in [0.717, 1.165) is 44.1 Å². The normalized spacial score (nSPS) is 11.5. The summed E-state index contributed by atoms with van der Waals surface area (Å²) in [7, 11) is 0. The molecule has 0 fully saturated rings. The van der Waals surface area contributed by atoms with Gasteiger partial charge < -0.3 is 14.4 Å². The molecule has 10 heteroatoms. The van der Waals surface area contributed by atoms with Crippen LogP contribution in [0.5, 0.6) is 0 Å². The lowest BCUT2D eigenvalue weighted by molar-refractivity contribution is 0.0481. The first-order valence-corrected chi connectivity index (χ1v) is 13.9. The van der Waals surface area contributed by atoms with Gasteiger partial charge in [-0.1, -0.05) is 11.3 Å². The van der Waals surface area contributed by atoms with Gasteiger partial charge in [-0.25, -0.2) is 19.6 Å². The third kappa shape index (κ3) is 6.65. The number of aliphatic imine (C=N–C) groups is 2. The van der Waals surface area contributed by atoms with E-state index in [9.17, 15) is 9.59 Å². The molecule has 3 aromatic rings. The molecule has 3 rings (SSSR count). The van der Waals surface area contributed by atoms with E-state index in [-0.39, 0.29) is 24.3 Å². The summed E-state index contributed by atoms with van der Waals surface area (Å²) in [6.07, 6.45) is 3.39. The predicted molar refractivity (Wildman–Crippen MR) is 148 cm³/mol. The number of carbonyl (C=O) groups is 2. The Balaban J connectivity index is 2.06. The summed E-state index contributed by atoms with van der Waals surface area (Å²) in [6, 6.07) is 8.00. The van der Waals surface area contributed by atoms with Gasteiger partial charge in [0.15, 0.2) is 0 Å². The molecule has 0 aliphatic rings. The first kappa shape index (κ1) is 26.8. The first-order chi connectivity index (χ1) is 16.9. The lowest BCUT2D eigenvalue weighted by atomic mass is 10.1. The fourth-order valence-electron chi connectivity index (χ4n) is 3.26. The van der Waals surface area contributed by atoms with Gasteiger partial charge in [0.25, 0.3) is 0 Å². The summed E-state index contributed by atoms with van der Waals surface area (Å²) in [6.45, 7) is 11.9. The average molecular weight is 532 g/mol. The third-order valence-corrected chi connectivity index (χ3v) is 7.92. The van der Waals surface area contributed by atoms with Gasteiger partial charge in [0.2, 0.25) is 0 Å². The number of nitrogens with zero attached hydrogens (tertiary/aromatic N) is 3. The van der Waals surface area contributed by atoms with E-state index in [1.807, 2.05) is 25.1 Å². The molecule has 0 aliphatic carbocycles. The van der Waals surface area contributed by atoms with Gasteiger partial charge >= 0.3 is 11.9 Å². The third-order valence-electron chi connectivity index (χ3n) is 4.90. The number of esters is 2. The summed E-state index contributed by atoms with van der Waals surface area (Å²) < 4.78 is 10.5. The van der Waals surface area contributed by atoms with Crippen LogP contribution in [0, 0.1) is 6.92 Å². The minimum atomic E-state index is -0.623. The van der Waals surface area contributed by atoms with Crippen LogP contribution in [0.2, 0.25) is 0 Å². The highest BCUT2D eigenvalue weighted by Gasteiger charge is 2.30. The van der Waals surface area contributed by atoms with Crippen molar-refractivity contribution in [3.8, 4) is 0 Å². The Morgan fingerprint density at radius 2 is 1.31 bits per heavy atom. The van der Waals surface area contributed by atoms with Gasteiger partial charge in [-0.15, -0.1) is 22.7 Å². The fraction of sp³-hybridized carbons (Fsp3) is 0.360. The molecule has 0 N–H and O–H groups in total. The molecule has 3 heterocycles. The van der Waals surface area contributed by atoms with Crippen molar-refractivity contribution in [2.75, 3.05) is 31.2 Å². The summed E-state index contributed by atoms with van der Waals surface area (Å²) in [4.78, 5) is 40.2. The largest absolute Gasteiger partial charge is 0.462 e. The zero-order chi connectivity index (χ0) is 25.4. The summed E-state index contributed by atoms with van der Waals surface area (Å²) in [5.41, 5.74) is 0.170. The maximum absolute atomic E-state index is 12.9. The molecular weight excluding hydrogens is 502 g/mol. The highest BCUT2D eigenvalue weighted by molar-refractivity contribution is 7.20. The van der Waals surface area contributed by atoms with E-state index in [0.29, 0.717) is 10.0 Å². The van der Waals surface area contributed by atoms with Crippen molar-refractivity contribution in [2.24, 2.45) is 9.98 Å². The average Bonchev–Trinajstić information content (AvgIpc) is 3.56. The molecule has 0 saturated heterocycles. The molecular formula is C25H29N3O4S3. The van der Waals surface area contributed by atoms with E-state index >= 15 is 0 Å². The molecule has 0 radical (unpaired) electrons. The van der Waals surface area contributed by atoms with Gasteiger partial charge in [0.1, 0.15) is 21.1 Å². The minimum Gasteiger partial charge on any atom is -0.462 e. The Morgan fingerprint density at radius 1 is 0.800 bits per heavy atom. The maximum atomic E-state index is 12.9. The number of rotatable bonds is 11. The van der Waals surface area contributed by atoms with Crippen LogP contribution in [0.25, 0.3) is 0 Å². The molecule has 0 saturated carbocycles. The van der Waals surface area contributed by atoms with Crippen LogP contribution in [-0.2, 0) is 9.47 Å². The fourth-order valence-corrected chi connectivity index (χ4v) is 5.98. The first-order valence-electron chi connectivity index (χ1n) is 11.4. The molecule has 0 aliphatic heterocycles. The van der Waals surface area contributed by atoms with Crippen LogP contribution < -0.4 is 4.90 Å². The van der Waals surface area contributed by atoms with Crippen molar-refractivity contribution in [2.45, 2.75) is 34.6 Å². The van der Waals surface area contributed by atoms with Crippen molar-refractivity contribution >= 4 is 73.4 Å². The Hall–Kier alpha value is -2.82. The second-order valence-electron chi connectivity index (χ2n) is 7.22. The van der Waals surface area contributed by atoms with Gasteiger partial charge in [-0.2, -0.15) is 0 Å². The predicted octanol–water partition coefficient (Wildman–Crippen LogP) is 6.88. The molecule has 35 heavy (non-hydrogen) atoms. The Bertz CT molecular complexity index is 1220. The van der Waals surface area contributed by atoms with E-state index in [1.54, 1.807) is 49.0 Å². The lowest BCUT2D eigenvalue weighted by Gasteiger charge is -2.17. The standard InChI is InChI=1S/C25H29N3O4S3/c1-6-28(7-2)19-13-12-18(34-19)15-27-23-21(25(30)32-9-4)20(24(29)31-8-3)22(35-23)26-14-17-11-10-16(5)33-17/h10-15H,6-9H2,1-5H3/b26-14+,27-15+. The van der Waals surface area contributed by atoms with Gasteiger partial charge in [-0.3, -0.25) is 0 Å².